The molecule has 74 valence electrons. The molecule has 0 spiro atoms. The van der Waals surface area contributed by atoms with E-state index in [1.807, 2.05) is 17.5 Å². The summed E-state index contributed by atoms with van der Waals surface area (Å²) in [5, 5.41) is 8.04. The molecule has 0 aromatic carbocycles. The van der Waals surface area contributed by atoms with E-state index in [1.165, 1.54) is 6.33 Å². The molecule has 5 nitrogen and oxygen atoms in total. The topological polar surface area (TPSA) is 69.6 Å². The fraction of sp³-hybridized carbons (Fsp3) is 0. The Labute approximate surface area is 89.2 Å². The molecule has 0 aliphatic carbocycles. The van der Waals surface area contributed by atoms with Gasteiger partial charge in [0.2, 0.25) is 0 Å². The van der Waals surface area contributed by atoms with Gasteiger partial charge in [-0.3, -0.25) is 0 Å². The van der Waals surface area contributed by atoms with E-state index in [1.54, 1.807) is 22.2 Å². The number of nitrogens with zero attached hydrogens (tertiary/aromatic N) is 4. The zero-order chi connectivity index (χ0) is 10.3. The molecule has 0 atom stereocenters. The third kappa shape index (κ3) is 1.18. The number of aromatic nitrogens is 4. The zero-order valence-electron chi connectivity index (χ0n) is 7.66. The molecule has 0 saturated carbocycles. The van der Waals surface area contributed by atoms with Crippen molar-refractivity contribution in [3.8, 4) is 5.00 Å². The van der Waals surface area contributed by atoms with Crippen LogP contribution in [0.2, 0.25) is 0 Å². The van der Waals surface area contributed by atoms with E-state index in [-0.39, 0.29) is 0 Å². The van der Waals surface area contributed by atoms with Crippen molar-refractivity contribution in [1.29, 1.82) is 0 Å². The first-order valence-corrected chi connectivity index (χ1v) is 5.22. The Kier molecular flexibility index (Phi) is 1.69. The number of thiophene rings is 1. The number of fused-ring (bicyclic) bond motifs is 1. The summed E-state index contributed by atoms with van der Waals surface area (Å²) in [6.07, 6.45) is 3.13. The fourth-order valence-corrected chi connectivity index (χ4v) is 2.10. The Balaban J connectivity index is 2.34. The fourth-order valence-electron chi connectivity index (χ4n) is 1.41. The molecule has 3 aromatic rings. The van der Waals surface area contributed by atoms with Crippen LogP contribution in [0.25, 0.3) is 16.0 Å². The molecule has 0 aliphatic heterocycles. The summed E-state index contributed by atoms with van der Waals surface area (Å²) in [5.41, 5.74) is 6.46. The van der Waals surface area contributed by atoms with Crippen LogP contribution >= 0.6 is 11.3 Å². The third-order valence-corrected chi connectivity index (χ3v) is 2.96. The van der Waals surface area contributed by atoms with E-state index in [9.17, 15) is 0 Å². The van der Waals surface area contributed by atoms with Crippen molar-refractivity contribution in [2.45, 2.75) is 0 Å². The van der Waals surface area contributed by atoms with Crippen molar-refractivity contribution in [2.75, 3.05) is 5.73 Å². The number of nitrogen functional groups attached to an aromatic ring is 1. The lowest BCUT2D eigenvalue weighted by Gasteiger charge is -1.98. The van der Waals surface area contributed by atoms with Crippen LogP contribution in [0.4, 0.5) is 5.82 Å². The van der Waals surface area contributed by atoms with Crippen LogP contribution in [-0.2, 0) is 0 Å². The van der Waals surface area contributed by atoms with Crippen LogP contribution in [-0.4, -0.2) is 19.7 Å². The maximum absolute atomic E-state index is 5.72. The second-order valence-corrected chi connectivity index (χ2v) is 3.93. The lowest BCUT2D eigenvalue weighted by molar-refractivity contribution is 0.912. The van der Waals surface area contributed by atoms with Crippen LogP contribution in [0, 0.1) is 0 Å². The Morgan fingerprint density at radius 1 is 1.33 bits per heavy atom. The summed E-state index contributed by atoms with van der Waals surface area (Å²) >= 11 is 1.60. The van der Waals surface area contributed by atoms with Crippen molar-refractivity contribution >= 4 is 28.2 Å². The van der Waals surface area contributed by atoms with Gasteiger partial charge in [0.05, 0.1) is 11.6 Å². The van der Waals surface area contributed by atoms with E-state index in [2.05, 4.69) is 15.1 Å². The Morgan fingerprint density at radius 2 is 2.27 bits per heavy atom. The maximum atomic E-state index is 5.72. The van der Waals surface area contributed by atoms with Crippen molar-refractivity contribution in [3.05, 3.63) is 30.0 Å². The van der Waals surface area contributed by atoms with Crippen molar-refractivity contribution in [3.63, 3.8) is 0 Å². The smallest absolute Gasteiger partial charge is 0.169 e. The van der Waals surface area contributed by atoms with Gasteiger partial charge >= 0.3 is 0 Å². The van der Waals surface area contributed by atoms with Crippen LogP contribution in [0.1, 0.15) is 0 Å². The van der Waals surface area contributed by atoms with Crippen LogP contribution in [0.3, 0.4) is 0 Å². The molecule has 0 radical (unpaired) electrons. The average molecular weight is 217 g/mol. The van der Waals surface area contributed by atoms with E-state index >= 15 is 0 Å². The van der Waals surface area contributed by atoms with Gasteiger partial charge in [0.1, 0.15) is 17.1 Å². The lowest BCUT2D eigenvalue weighted by atomic mass is 10.4. The quantitative estimate of drug-likeness (QED) is 0.670. The average Bonchev–Trinajstić information content (AvgIpc) is 2.85. The molecule has 0 aliphatic rings. The minimum atomic E-state index is 0.461. The number of hydrogen-bond donors (Lipinski definition) is 1. The normalized spacial score (nSPS) is 10.9. The monoisotopic (exact) mass is 217 g/mol. The largest absolute Gasteiger partial charge is 0.383 e. The first kappa shape index (κ1) is 8.37. The highest BCUT2D eigenvalue weighted by atomic mass is 32.1. The highest BCUT2D eigenvalue weighted by molar-refractivity contribution is 7.12. The Bertz CT molecular complexity index is 598. The SMILES string of the molecule is Nc1ncnc2c1cnn2-c1cccs1. The lowest BCUT2D eigenvalue weighted by Crippen LogP contribution is -1.96. The van der Waals surface area contributed by atoms with Gasteiger partial charge in [0.25, 0.3) is 0 Å². The van der Waals surface area contributed by atoms with Crippen molar-refractivity contribution in [1.82, 2.24) is 19.7 Å². The second-order valence-electron chi connectivity index (χ2n) is 3.00. The van der Waals surface area contributed by atoms with Gasteiger partial charge in [0.15, 0.2) is 5.65 Å². The van der Waals surface area contributed by atoms with Crippen LogP contribution in [0.15, 0.2) is 30.0 Å². The molecule has 2 N–H and O–H groups in total. The van der Waals surface area contributed by atoms with Gasteiger partial charge in [-0.2, -0.15) is 5.10 Å². The molecular formula is C9H7N5S. The van der Waals surface area contributed by atoms with Crippen LogP contribution in [0.5, 0.6) is 0 Å². The van der Waals surface area contributed by atoms with Gasteiger partial charge in [0, 0.05) is 0 Å². The molecule has 0 amide bonds. The first-order chi connectivity index (χ1) is 7.36. The van der Waals surface area contributed by atoms with Crippen LogP contribution < -0.4 is 5.73 Å². The number of hydrogen-bond acceptors (Lipinski definition) is 5. The predicted molar refractivity (Wildman–Crippen MR) is 58.9 cm³/mol. The summed E-state index contributed by atoms with van der Waals surface area (Å²) in [5.74, 6) is 0.461. The highest BCUT2D eigenvalue weighted by Crippen LogP contribution is 2.21. The molecule has 0 unspecified atom stereocenters. The minimum Gasteiger partial charge on any atom is -0.383 e. The van der Waals surface area contributed by atoms with Crippen molar-refractivity contribution < 1.29 is 0 Å². The molecular weight excluding hydrogens is 210 g/mol. The minimum absolute atomic E-state index is 0.461. The molecule has 6 heteroatoms. The highest BCUT2D eigenvalue weighted by Gasteiger charge is 2.08. The Morgan fingerprint density at radius 3 is 3.07 bits per heavy atom. The number of rotatable bonds is 1. The molecule has 15 heavy (non-hydrogen) atoms. The standard InChI is InChI=1S/C9H7N5S/c10-8-6-4-13-14(7-2-1-3-15-7)9(6)12-5-11-8/h1-5H,(H2,10,11,12). The number of anilines is 1. The summed E-state index contributed by atoms with van der Waals surface area (Å²) in [4.78, 5) is 8.09. The van der Waals surface area contributed by atoms with Gasteiger partial charge in [-0.15, -0.1) is 11.3 Å². The van der Waals surface area contributed by atoms with E-state index in [0.717, 1.165) is 16.0 Å². The van der Waals surface area contributed by atoms with E-state index in [4.69, 9.17) is 5.73 Å². The summed E-state index contributed by atoms with van der Waals surface area (Å²) in [6.45, 7) is 0. The van der Waals surface area contributed by atoms with Gasteiger partial charge in [-0.05, 0) is 17.5 Å². The zero-order valence-corrected chi connectivity index (χ0v) is 8.48. The molecule has 3 rings (SSSR count). The van der Waals surface area contributed by atoms with E-state index < -0.39 is 0 Å². The number of nitrogens with two attached hydrogens (primary N) is 1. The summed E-state index contributed by atoms with van der Waals surface area (Å²) in [7, 11) is 0. The second kappa shape index (κ2) is 3.03. The van der Waals surface area contributed by atoms with Crippen molar-refractivity contribution in [2.24, 2.45) is 0 Å². The molecule has 3 heterocycles. The van der Waals surface area contributed by atoms with Gasteiger partial charge in [-0.1, -0.05) is 0 Å². The van der Waals surface area contributed by atoms with Gasteiger partial charge < -0.3 is 5.73 Å². The predicted octanol–water partition coefficient (Wildman–Crippen LogP) is 1.46. The molecule has 0 bridgehead atoms. The Hall–Kier alpha value is -1.95. The maximum Gasteiger partial charge on any atom is 0.169 e. The summed E-state index contributed by atoms with van der Waals surface area (Å²) in [6, 6.07) is 3.95. The van der Waals surface area contributed by atoms with E-state index in [0.29, 0.717) is 5.82 Å². The third-order valence-electron chi connectivity index (χ3n) is 2.11. The first-order valence-electron chi connectivity index (χ1n) is 4.34. The van der Waals surface area contributed by atoms with Gasteiger partial charge in [-0.25, -0.2) is 14.6 Å². The molecule has 0 fully saturated rings. The molecule has 0 saturated heterocycles. The summed E-state index contributed by atoms with van der Waals surface area (Å²) < 4.78 is 1.76. The molecule has 3 aromatic heterocycles.